The van der Waals surface area contributed by atoms with E-state index in [1.807, 2.05) is 7.05 Å². The van der Waals surface area contributed by atoms with E-state index in [-0.39, 0.29) is 35.1 Å². The standard InChI is InChI=1S/C19H21F3N6O3S/c1-25-13-4-7-16(11(8-13)9-23)28-10-15(17(24)29)18(27-28)26-12-2-5-14(6-3-12)32(30,31)19(20,21)22/h2-3,5-6,10-11,13,16,25H,4,7-8H2,1H3,(H2,24,29)(H,26,27)/t11?,13-,16?/m0/s1. The number of carbonyl (C=O) groups excluding carboxylic acids is 1. The second kappa shape index (κ2) is 8.79. The number of nitrogens with one attached hydrogen (secondary N) is 2. The minimum Gasteiger partial charge on any atom is -0.365 e. The van der Waals surface area contributed by atoms with Crippen LogP contribution in [0, 0.1) is 17.2 Å². The van der Waals surface area contributed by atoms with Crippen molar-refractivity contribution >= 4 is 27.2 Å². The van der Waals surface area contributed by atoms with Gasteiger partial charge < -0.3 is 16.4 Å². The van der Waals surface area contributed by atoms with E-state index >= 15 is 0 Å². The molecule has 1 saturated carbocycles. The summed E-state index contributed by atoms with van der Waals surface area (Å²) < 4.78 is 62.6. The van der Waals surface area contributed by atoms with Crippen LogP contribution >= 0.6 is 0 Å². The highest BCUT2D eigenvalue weighted by molar-refractivity contribution is 7.92. The Balaban J connectivity index is 1.87. The number of anilines is 2. The first-order valence-electron chi connectivity index (χ1n) is 9.62. The van der Waals surface area contributed by atoms with E-state index < -0.39 is 26.1 Å². The Labute approximate surface area is 182 Å². The lowest BCUT2D eigenvalue weighted by Gasteiger charge is -2.32. The van der Waals surface area contributed by atoms with Crippen LogP contribution in [0.5, 0.6) is 0 Å². The van der Waals surface area contributed by atoms with Crippen molar-refractivity contribution in [1.82, 2.24) is 15.1 Å². The second-order valence-electron chi connectivity index (χ2n) is 7.44. The summed E-state index contributed by atoms with van der Waals surface area (Å²) in [6, 6.07) is 6.04. The average Bonchev–Trinajstić information content (AvgIpc) is 3.16. The van der Waals surface area contributed by atoms with Gasteiger partial charge in [0.2, 0.25) is 0 Å². The molecule has 0 saturated heterocycles. The SMILES string of the molecule is CN[C@H]1CCC(n2cc(C(N)=O)c(Nc3ccc(S(=O)(=O)C(F)(F)F)cc3)n2)C(C#N)C1. The molecule has 2 unspecified atom stereocenters. The second-order valence-corrected chi connectivity index (χ2v) is 9.38. The molecule has 1 aliphatic rings. The maximum atomic E-state index is 12.7. The fraction of sp³-hybridized carbons (Fsp3) is 0.421. The van der Waals surface area contributed by atoms with Gasteiger partial charge >= 0.3 is 5.51 Å². The molecule has 0 spiro atoms. The summed E-state index contributed by atoms with van der Waals surface area (Å²) >= 11 is 0. The van der Waals surface area contributed by atoms with Crippen molar-refractivity contribution in [3.63, 3.8) is 0 Å². The Morgan fingerprint density at radius 3 is 2.47 bits per heavy atom. The first kappa shape index (κ1) is 23.6. The van der Waals surface area contributed by atoms with Gasteiger partial charge in [0.25, 0.3) is 15.7 Å². The number of amides is 1. The van der Waals surface area contributed by atoms with E-state index in [0.717, 1.165) is 30.7 Å². The number of hydrogen-bond donors (Lipinski definition) is 3. The van der Waals surface area contributed by atoms with Crippen molar-refractivity contribution in [2.45, 2.75) is 41.7 Å². The zero-order chi connectivity index (χ0) is 23.7. The van der Waals surface area contributed by atoms with E-state index in [2.05, 4.69) is 21.8 Å². The minimum absolute atomic E-state index is 0.0319. The molecular formula is C19H21F3N6O3S. The van der Waals surface area contributed by atoms with Gasteiger partial charge in [-0.15, -0.1) is 0 Å². The fourth-order valence-corrected chi connectivity index (χ4v) is 4.46. The van der Waals surface area contributed by atoms with Crippen LogP contribution in [0.15, 0.2) is 35.4 Å². The quantitative estimate of drug-likeness (QED) is 0.588. The van der Waals surface area contributed by atoms with E-state index in [1.54, 1.807) is 0 Å². The number of nitrogens with zero attached hydrogens (tertiary/aromatic N) is 3. The van der Waals surface area contributed by atoms with Crippen molar-refractivity contribution in [3.8, 4) is 6.07 Å². The lowest BCUT2D eigenvalue weighted by molar-refractivity contribution is -0.0436. The monoisotopic (exact) mass is 470 g/mol. The molecule has 0 radical (unpaired) electrons. The molecule has 1 amide bonds. The first-order chi connectivity index (χ1) is 15.0. The minimum atomic E-state index is -5.47. The Morgan fingerprint density at radius 1 is 1.28 bits per heavy atom. The molecule has 1 aromatic carbocycles. The molecule has 32 heavy (non-hydrogen) atoms. The Bertz CT molecular complexity index is 1140. The molecule has 9 nitrogen and oxygen atoms in total. The number of halogens is 3. The Hall–Kier alpha value is -3.11. The number of nitriles is 1. The average molecular weight is 470 g/mol. The number of benzene rings is 1. The zero-order valence-corrected chi connectivity index (χ0v) is 17.7. The zero-order valence-electron chi connectivity index (χ0n) is 16.9. The summed E-state index contributed by atoms with van der Waals surface area (Å²) in [5.74, 6) is -1.08. The highest BCUT2D eigenvalue weighted by atomic mass is 32.2. The van der Waals surface area contributed by atoms with Crippen LogP contribution in [-0.4, -0.2) is 42.7 Å². The van der Waals surface area contributed by atoms with Crippen LogP contribution < -0.4 is 16.4 Å². The first-order valence-corrected chi connectivity index (χ1v) is 11.1. The van der Waals surface area contributed by atoms with Crippen LogP contribution in [0.1, 0.15) is 35.7 Å². The van der Waals surface area contributed by atoms with Gasteiger partial charge in [-0.25, -0.2) is 8.42 Å². The molecule has 13 heteroatoms. The smallest absolute Gasteiger partial charge is 0.365 e. The number of rotatable bonds is 6. The Kier molecular flexibility index (Phi) is 6.47. The maximum Gasteiger partial charge on any atom is 0.501 e. The van der Waals surface area contributed by atoms with Crippen LogP contribution in [0.2, 0.25) is 0 Å². The summed E-state index contributed by atoms with van der Waals surface area (Å²) in [7, 11) is -3.65. The van der Waals surface area contributed by atoms with E-state index in [0.29, 0.717) is 12.8 Å². The van der Waals surface area contributed by atoms with Gasteiger partial charge in [0, 0.05) is 17.9 Å². The Morgan fingerprint density at radius 2 is 1.94 bits per heavy atom. The molecule has 0 bridgehead atoms. The summed E-state index contributed by atoms with van der Waals surface area (Å²) in [4.78, 5) is 11.0. The van der Waals surface area contributed by atoms with Gasteiger partial charge in [0.15, 0.2) is 5.82 Å². The van der Waals surface area contributed by atoms with E-state index in [9.17, 15) is 31.6 Å². The van der Waals surface area contributed by atoms with Crippen molar-refractivity contribution in [2.75, 3.05) is 12.4 Å². The predicted molar refractivity (Wildman–Crippen MR) is 109 cm³/mol. The van der Waals surface area contributed by atoms with Crippen molar-refractivity contribution in [3.05, 3.63) is 36.0 Å². The number of primary amides is 1. The summed E-state index contributed by atoms with van der Waals surface area (Å²) in [5.41, 5.74) is 0.261. The fourth-order valence-electron chi connectivity index (χ4n) is 3.69. The summed E-state index contributed by atoms with van der Waals surface area (Å²) in [6.07, 6.45) is 3.50. The molecule has 3 rings (SSSR count). The normalized spacial score (nSPS) is 21.7. The number of alkyl halides is 3. The number of sulfone groups is 1. The highest BCUT2D eigenvalue weighted by Gasteiger charge is 2.46. The molecule has 172 valence electrons. The number of carbonyl (C=O) groups is 1. The predicted octanol–water partition coefficient (Wildman–Crippen LogP) is 2.47. The lowest BCUT2D eigenvalue weighted by atomic mass is 9.82. The largest absolute Gasteiger partial charge is 0.501 e. The maximum absolute atomic E-state index is 12.7. The lowest BCUT2D eigenvalue weighted by Crippen LogP contribution is -2.36. The molecule has 4 N–H and O–H groups in total. The molecule has 2 aromatic rings. The van der Waals surface area contributed by atoms with Gasteiger partial charge in [-0.2, -0.15) is 23.5 Å². The van der Waals surface area contributed by atoms with Crippen LogP contribution in [0.4, 0.5) is 24.7 Å². The molecule has 3 atom stereocenters. The van der Waals surface area contributed by atoms with Crippen molar-refractivity contribution in [1.29, 1.82) is 5.26 Å². The highest BCUT2D eigenvalue weighted by Crippen LogP contribution is 2.35. The van der Waals surface area contributed by atoms with Gasteiger partial charge in [-0.3, -0.25) is 9.48 Å². The summed E-state index contributed by atoms with van der Waals surface area (Å²) in [5, 5.41) is 19.8. The third-order valence-electron chi connectivity index (χ3n) is 5.46. The summed E-state index contributed by atoms with van der Waals surface area (Å²) in [6.45, 7) is 0. The van der Waals surface area contributed by atoms with Gasteiger partial charge in [0.1, 0.15) is 5.56 Å². The van der Waals surface area contributed by atoms with Gasteiger partial charge in [-0.05, 0) is 50.6 Å². The van der Waals surface area contributed by atoms with Crippen LogP contribution in [0.3, 0.4) is 0 Å². The number of aromatic nitrogens is 2. The van der Waals surface area contributed by atoms with Crippen molar-refractivity contribution in [2.24, 2.45) is 11.7 Å². The molecule has 0 aliphatic heterocycles. The third kappa shape index (κ3) is 4.56. The number of hydrogen-bond acceptors (Lipinski definition) is 7. The topological polar surface area (TPSA) is 143 Å². The van der Waals surface area contributed by atoms with Gasteiger partial charge in [0.05, 0.1) is 22.9 Å². The van der Waals surface area contributed by atoms with Crippen molar-refractivity contribution < 1.29 is 26.4 Å². The van der Waals surface area contributed by atoms with Crippen LogP contribution in [-0.2, 0) is 9.84 Å². The molecule has 1 fully saturated rings. The van der Waals surface area contributed by atoms with Crippen LogP contribution in [0.25, 0.3) is 0 Å². The molecule has 1 heterocycles. The van der Waals surface area contributed by atoms with Gasteiger partial charge in [-0.1, -0.05) is 0 Å². The molecule has 1 aliphatic carbocycles. The molecular weight excluding hydrogens is 449 g/mol. The van der Waals surface area contributed by atoms with E-state index in [1.165, 1.54) is 10.9 Å². The third-order valence-corrected chi connectivity index (χ3v) is 6.96. The number of nitrogens with two attached hydrogens (primary N) is 1. The molecule has 1 aromatic heterocycles. The van der Waals surface area contributed by atoms with E-state index in [4.69, 9.17) is 5.73 Å².